The fraction of sp³-hybridized carbons (Fsp3) is 0.143. The van der Waals surface area contributed by atoms with E-state index in [1.165, 1.54) is 0 Å². The van der Waals surface area contributed by atoms with Gasteiger partial charge in [-0.1, -0.05) is 12.1 Å². The molecule has 0 unspecified atom stereocenters. The second-order valence-corrected chi connectivity index (χ2v) is 6.57. The molecule has 0 aliphatic heterocycles. The van der Waals surface area contributed by atoms with Crippen LogP contribution in [0.25, 0.3) is 0 Å². The van der Waals surface area contributed by atoms with Crippen LogP contribution in [-0.2, 0) is 6.42 Å². The molecule has 0 spiro atoms. The quantitative estimate of drug-likeness (QED) is 0.211. The fourth-order valence-electron chi connectivity index (χ4n) is 2.81. The smallest absolute Gasteiger partial charge is 0.332 e. The van der Waals surface area contributed by atoms with Gasteiger partial charge < -0.3 is 15.4 Å². The topological polar surface area (TPSA) is 138 Å². The maximum absolute atomic E-state index is 11.1. The predicted octanol–water partition coefficient (Wildman–Crippen LogP) is 4.40. The number of thiocarbonyl (C=S) groups is 1. The van der Waals surface area contributed by atoms with Gasteiger partial charge >= 0.3 is 5.69 Å². The Labute approximate surface area is 188 Å². The van der Waals surface area contributed by atoms with E-state index in [1.807, 2.05) is 24.3 Å². The van der Waals surface area contributed by atoms with Crippen LogP contribution in [0.4, 0.5) is 28.8 Å². The zero-order valence-corrected chi connectivity index (χ0v) is 17.7. The summed E-state index contributed by atoms with van der Waals surface area (Å²) >= 11 is 4.54. The summed E-state index contributed by atoms with van der Waals surface area (Å²) in [6.07, 6.45) is 1.79. The fourth-order valence-corrected chi connectivity index (χ4v) is 2.89. The minimum absolute atomic E-state index is 0.0629. The van der Waals surface area contributed by atoms with Gasteiger partial charge in [0.05, 0.1) is 40.2 Å². The highest BCUT2D eigenvalue weighted by Crippen LogP contribution is 2.29. The Morgan fingerprint density at radius 1 is 1.25 bits per heavy atom. The monoisotopic (exact) mass is 447 g/mol. The van der Waals surface area contributed by atoms with E-state index in [0.717, 1.165) is 23.9 Å². The van der Waals surface area contributed by atoms with Crippen LogP contribution in [0.15, 0.2) is 53.7 Å². The molecule has 32 heavy (non-hydrogen) atoms. The second kappa shape index (κ2) is 10.6. The molecule has 0 aliphatic rings. The Kier molecular flexibility index (Phi) is 7.37. The van der Waals surface area contributed by atoms with Gasteiger partial charge in [-0.3, -0.25) is 10.1 Å². The first-order chi connectivity index (χ1) is 15.5. The van der Waals surface area contributed by atoms with Crippen molar-refractivity contribution in [3.05, 3.63) is 69.9 Å². The highest BCUT2D eigenvalue weighted by atomic mass is 32.1. The molecule has 0 atom stereocenters. The number of aliphatic imine (C=N–C) groups is 1. The van der Waals surface area contributed by atoms with E-state index in [4.69, 9.17) is 4.74 Å². The van der Waals surface area contributed by atoms with Crippen molar-refractivity contribution in [3.8, 4) is 11.8 Å². The summed E-state index contributed by atoms with van der Waals surface area (Å²) in [4.78, 5) is 22.1. The summed E-state index contributed by atoms with van der Waals surface area (Å²) < 4.78 is 5.17. The molecule has 0 radical (unpaired) electrons. The van der Waals surface area contributed by atoms with Crippen LogP contribution in [0.1, 0.15) is 11.1 Å². The summed E-state index contributed by atoms with van der Waals surface area (Å²) in [5.41, 5.74) is 2.40. The molecular weight excluding hydrogens is 430 g/mol. The first-order valence-corrected chi connectivity index (χ1v) is 9.72. The molecule has 160 valence electrons. The Morgan fingerprint density at radius 3 is 2.69 bits per heavy atom. The van der Waals surface area contributed by atoms with Gasteiger partial charge in [0.1, 0.15) is 11.9 Å². The molecular formula is C21H17N7O3S. The van der Waals surface area contributed by atoms with Crippen molar-refractivity contribution < 1.29 is 9.66 Å². The molecule has 0 saturated heterocycles. The zero-order chi connectivity index (χ0) is 22.9. The van der Waals surface area contributed by atoms with E-state index in [-0.39, 0.29) is 11.8 Å². The van der Waals surface area contributed by atoms with Crippen molar-refractivity contribution in [2.24, 2.45) is 4.99 Å². The maximum Gasteiger partial charge on any atom is 0.332 e. The minimum Gasteiger partial charge on any atom is -0.497 e. The normalized spacial score (nSPS) is 9.88. The number of rotatable bonds is 9. The molecule has 0 aliphatic carbocycles. The van der Waals surface area contributed by atoms with Crippen LogP contribution in [-0.4, -0.2) is 33.7 Å². The van der Waals surface area contributed by atoms with Crippen molar-refractivity contribution in [1.29, 1.82) is 5.26 Å². The van der Waals surface area contributed by atoms with Gasteiger partial charge in [-0.05, 0) is 54.5 Å². The number of nitriles is 1. The SMILES string of the molecule is COc1ccc(CCNc2ccc(C#N)cc2Nc2ncc([N+](=O)[O-])c(N=C=S)n2)cc1. The van der Waals surface area contributed by atoms with Gasteiger partial charge in [0.2, 0.25) is 11.8 Å². The molecule has 0 saturated carbocycles. The molecule has 10 nitrogen and oxygen atoms in total. The molecule has 1 heterocycles. The minimum atomic E-state index is -0.655. The maximum atomic E-state index is 11.1. The van der Waals surface area contributed by atoms with Crippen LogP contribution in [0.3, 0.4) is 0 Å². The molecule has 2 aromatic carbocycles. The number of isothiocyanates is 1. The third kappa shape index (κ3) is 5.60. The molecule has 3 rings (SSSR count). The lowest BCUT2D eigenvalue weighted by Crippen LogP contribution is -2.08. The average Bonchev–Trinajstić information content (AvgIpc) is 2.80. The van der Waals surface area contributed by atoms with E-state index in [9.17, 15) is 15.4 Å². The van der Waals surface area contributed by atoms with Crippen molar-refractivity contribution >= 4 is 46.2 Å². The average molecular weight is 447 g/mol. The van der Waals surface area contributed by atoms with Crippen LogP contribution >= 0.6 is 12.2 Å². The van der Waals surface area contributed by atoms with Gasteiger partial charge in [-0.25, -0.2) is 4.98 Å². The van der Waals surface area contributed by atoms with Gasteiger partial charge in [0.25, 0.3) is 0 Å². The summed E-state index contributed by atoms with van der Waals surface area (Å²) in [6.45, 7) is 0.620. The molecule has 0 bridgehead atoms. The molecule has 1 aromatic heterocycles. The lowest BCUT2D eigenvalue weighted by atomic mass is 10.1. The summed E-state index contributed by atoms with van der Waals surface area (Å²) in [7, 11) is 1.62. The highest BCUT2D eigenvalue weighted by molar-refractivity contribution is 7.78. The zero-order valence-electron chi connectivity index (χ0n) is 16.9. The predicted molar refractivity (Wildman–Crippen MR) is 123 cm³/mol. The Morgan fingerprint density at radius 2 is 2.03 bits per heavy atom. The molecule has 2 N–H and O–H groups in total. The van der Waals surface area contributed by atoms with Crippen molar-refractivity contribution in [2.45, 2.75) is 6.42 Å². The third-order valence-corrected chi connectivity index (χ3v) is 4.47. The van der Waals surface area contributed by atoms with Gasteiger partial charge in [0, 0.05) is 6.54 Å². The van der Waals surface area contributed by atoms with E-state index in [0.29, 0.717) is 23.5 Å². The lowest BCUT2D eigenvalue weighted by molar-refractivity contribution is -0.384. The second-order valence-electron chi connectivity index (χ2n) is 6.38. The summed E-state index contributed by atoms with van der Waals surface area (Å²) in [5.74, 6) is 0.640. The first kappa shape index (κ1) is 22.3. The largest absolute Gasteiger partial charge is 0.497 e. The van der Waals surface area contributed by atoms with E-state index >= 15 is 0 Å². The number of hydrogen-bond donors (Lipinski definition) is 2. The number of hydrogen-bond acceptors (Lipinski definition) is 10. The van der Waals surface area contributed by atoms with Crippen LogP contribution < -0.4 is 15.4 Å². The Balaban J connectivity index is 1.80. The van der Waals surface area contributed by atoms with Crippen LogP contribution in [0.5, 0.6) is 5.75 Å². The number of ether oxygens (including phenoxy) is 1. The van der Waals surface area contributed by atoms with E-state index in [2.05, 4.69) is 49.0 Å². The number of anilines is 3. The Hall–Kier alpha value is -4.39. The number of nitrogens with zero attached hydrogens (tertiary/aromatic N) is 5. The molecule has 0 fully saturated rings. The number of methoxy groups -OCH3 is 1. The number of nitrogens with one attached hydrogen (secondary N) is 2. The third-order valence-electron chi connectivity index (χ3n) is 4.38. The summed E-state index contributed by atoms with van der Waals surface area (Å²) in [6, 6.07) is 14.9. The van der Waals surface area contributed by atoms with Gasteiger partial charge in [-0.15, -0.1) is 0 Å². The first-order valence-electron chi connectivity index (χ1n) is 9.31. The van der Waals surface area contributed by atoms with Crippen molar-refractivity contribution in [1.82, 2.24) is 9.97 Å². The molecule has 11 heteroatoms. The van der Waals surface area contributed by atoms with Gasteiger partial charge in [0.15, 0.2) is 0 Å². The Bertz CT molecular complexity index is 1220. The van der Waals surface area contributed by atoms with Gasteiger partial charge in [-0.2, -0.15) is 15.2 Å². The highest BCUT2D eigenvalue weighted by Gasteiger charge is 2.17. The van der Waals surface area contributed by atoms with Crippen molar-refractivity contribution in [3.63, 3.8) is 0 Å². The van der Waals surface area contributed by atoms with E-state index in [1.54, 1.807) is 25.3 Å². The van der Waals surface area contributed by atoms with Crippen LogP contribution in [0.2, 0.25) is 0 Å². The lowest BCUT2D eigenvalue weighted by Gasteiger charge is -2.14. The number of benzene rings is 2. The summed E-state index contributed by atoms with van der Waals surface area (Å²) in [5, 5.41) is 28.7. The number of aromatic nitrogens is 2. The van der Waals surface area contributed by atoms with Crippen molar-refractivity contribution in [2.75, 3.05) is 24.3 Å². The van der Waals surface area contributed by atoms with Crippen LogP contribution in [0, 0.1) is 21.4 Å². The standard InChI is InChI=1S/C21H17N7O3S/c1-31-16-5-2-14(3-6-16)8-9-23-17-7-4-15(11-22)10-18(17)26-21-24-12-19(28(29)30)20(27-21)25-13-32/h2-7,10,12,23H,8-9H2,1H3,(H,24,26,27). The molecule has 3 aromatic rings. The molecule has 0 amide bonds. The number of nitro groups is 1. The van der Waals surface area contributed by atoms with E-state index < -0.39 is 10.6 Å².